The van der Waals surface area contributed by atoms with E-state index in [0.29, 0.717) is 13.1 Å². The van der Waals surface area contributed by atoms with Crippen molar-refractivity contribution in [1.29, 1.82) is 0 Å². The molecule has 0 aliphatic carbocycles. The number of urea groups is 1. The Kier molecular flexibility index (Phi) is 6.22. The molecule has 16 heavy (non-hydrogen) atoms. The molecule has 0 saturated heterocycles. The van der Waals surface area contributed by atoms with Crippen molar-refractivity contribution in [3.8, 4) is 0 Å². The van der Waals surface area contributed by atoms with Gasteiger partial charge in [-0.2, -0.15) is 0 Å². The number of aliphatic carboxylic acids is 1. The number of rotatable bonds is 6. The molecule has 0 rings (SSSR count). The minimum Gasteiger partial charge on any atom is -0.480 e. The lowest BCUT2D eigenvalue weighted by Crippen LogP contribution is -2.48. The van der Waals surface area contributed by atoms with Crippen LogP contribution in [-0.2, 0) is 4.79 Å². The number of carboxylic acid groups (broad SMARTS) is 1. The van der Waals surface area contributed by atoms with Gasteiger partial charge in [0.15, 0.2) is 0 Å². The maximum atomic E-state index is 12.0. The first-order chi connectivity index (χ1) is 7.43. The van der Waals surface area contributed by atoms with E-state index in [4.69, 9.17) is 5.11 Å². The van der Waals surface area contributed by atoms with Gasteiger partial charge in [-0.25, -0.2) is 4.79 Å². The summed E-state index contributed by atoms with van der Waals surface area (Å²) in [7, 11) is 0. The van der Waals surface area contributed by atoms with Gasteiger partial charge >= 0.3 is 12.0 Å². The van der Waals surface area contributed by atoms with Crippen LogP contribution in [0.3, 0.4) is 0 Å². The number of carboxylic acids is 1. The van der Waals surface area contributed by atoms with Crippen LogP contribution in [-0.4, -0.2) is 52.6 Å². The largest absolute Gasteiger partial charge is 0.480 e. The molecule has 5 nitrogen and oxygen atoms in total. The molecule has 0 saturated carbocycles. The molecule has 0 aromatic carbocycles. The molecule has 1 N–H and O–H groups in total. The van der Waals surface area contributed by atoms with Crippen molar-refractivity contribution in [3.05, 3.63) is 12.7 Å². The van der Waals surface area contributed by atoms with Gasteiger partial charge in [-0.1, -0.05) is 6.08 Å². The standard InChI is InChI=1S/C11H20N2O3/c1-5-7-12(6-2)11(16)13(9(3)4)8-10(14)15/h5,9H,1,6-8H2,2-4H3,(H,14,15). The summed E-state index contributed by atoms with van der Waals surface area (Å²) in [5.74, 6) is -1.00. The maximum absolute atomic E-state index is 12.0. The van der Waals surface area contributed by atoms with E-state index in [9.17, 15) is 9.59 Å². The molecular formula is C11H20N2O3. The molecule has 0 aromatic rings. The lowest BCUT2D eigenvalue weighted by Gasteiger charge is -2.31. The molecule has 0 aliphatic rings. The molecule has 2 amide bonds. The van der Waals surface area contributed by atoms with E-state index in [1.807, 2.05) is 6.92 Å². The summed E-state index contributed by atoms with van der Waals surface area (Å²) in [4.78, 5) is 25.5. The highest BCUT2D eigenvalue weighted by Crippen LogP contribution is 2.04. The van der Waals surface area contributed by atoms with E-state index in [2.05, 4.69) is 6.58 Å². The highest BCUT2D eigenvalue weighted by Gasteiger charge is 2.23. The zero-order valence-corrected chi connectivity index (χ0v) is 10.1. The van der Waals surface area contributed by atoms with E-state index >= 15 is 0 Å². The maximum Gasteiger partial charge on any atom is 0.323 e. The summed E-state index contributed by atoms with van der Waals surface area (Å²) >= 11 is 0. The van der Waals surface area contributed by atoms with Crippen molar-refractivity contribution in [2.24, 2.45) is 0 Å². The van der Waals surface area contributed by atoms with E-state index in [-0.39, 0.29) is 18.6 Å². The first kappa shape index (κ1) is 14.5. The minimum absolute atomic E-state index is 0.137. The fraction of sp³-hybridized carbons (Fsp3) is 0.636. The molecule has 0 radical (unpaired) electrons. The van der Waals surface area contributed by atoms with Crippen molar-refractivity contribution in [3.63, 3.8) is 0 Å². The molecule has 5 heteroatoms. The first-order valence-electron chi connectivity index (χ1n) is 5.32. The van der Waals surface area contributed by atoms with Crippen LogP contribution in [0.15, 0.2) is 12.7 Å². The van der Waals surface area contributed by atoms with Gasteiger partial charge in [0.25, 0.3) is 0 Å². The van der Waals surface area contributed by atoms with Crippen LogP contribution >= 0.6 is 0 Å². The zero-order valence-electron chi connectivity index (χ0n) is 10.1. The zero-order chi connectivity index (χ0) is 12.7. The van der Waals surface area contributed by atoms with Crippen molar-refractivity contribution < 1.29 is 14.7 Å². The number of carbonyl (C=O) groups is 2. The Balaban J connectivity index is 4.69. The fourth-order valence-electron chi connectivity index (χ4n) is 1.30. The second-order valence-corrected chi connectivity index (χ2v) is 3.73. The number of carbonyl (C=O) groups excluding carboxylic acids is 1. The Hall–Kier alpha value is -1.52. The molecule has 0 bridgehead atoms. The Bertz CT molecular complexity index is 264. The van der Waals surface area contributed by atoms with Crippen molar-refractivity contribution >= 4 is 12.0 Å². The number of hydrogen-bond acceptors (Lipinski definition) is 2. The lowest BCUT2D eigenvalue weighted by atomic mass is 10.3. The SMILES string of the molecule is C=CCN(CC)C(=O)N(CC(=O)O)C(C)C. The van der Waals surface area contributed by atoms with E-state index in [1.54, 1.807) is 24.8 Å². The van der Waals surface area contributed by atoms with Gasteiger partial charge in [-0.05, 0) is 20.8 Å². The average molecular weight is 228 g/mol. The van der Waals surface area contributed by atoms with Gasteiger partial charge in [0, 0.05) is 19.1 Å². The number of likely N-dealkylation sites (N-methyl/N-ethyl adjacent to an activating group) is 1. The van der Waals surface area contributed by atoms with Crippen LogP contribution in [0.25, 0.3) is 0 Å². The third-order valence-corrected chi connectivity index (χ3v) is 2.18. The Morgan fingerprint density at radius 1 is 1.44 bits per heavy atom. The molecule has 0 aromatic heterocycles. The number of hydrogen-bond donors (Lipinski definition) is 1. The molecule has 0 atom stereocenters. The van der Waals surface area contributed by atoms with Gasteiger partial charge in [-0.15, -0.1) is 6.58 Å². The predicted octanol–water partition coefficient (Wildman–Crippen LogP) is 1.41. The topological polar surface area (TPSA) is 60.9 Å². The van der Waals surface area contributed by atoms with Gasteiger partial charge in [0.2, 0.25) is 0 Å². The summed E-state index contributed by atoms with van der Waals surface area (Å²) in [6.45, 7) is 9.69. The molecule has 0 fully saturated rings. The van der Waals surface area contributed by atoms with Gasteiger partial charge in [0.05, 0.1) is 0 Å². The monoisotopic (exact) mass is 228 g/mol. The van der Waals surface area contributed by atoms with Gasteiger partial charge in [-0.3, -0.25) is 4.79 Å². The first-order valence-corrected chi connectivity index (χ1v) is 5.32. The minimum atomic E-state index is -1.00. The van der Waals surface area contributed by atoms with Crippen molar-refractivity contribution in [1.82, 2.24) is 9.80 Å². The normalized spacial score (nSPS) is 10.0. The molecule has 0 spiro atoms. The van der Waals surface area contributed by atoms with Crippen molar-refractivity contribution in [2.75, 3.05) is 19.6 Å². The van der Waals surface area contributed by atoms with Gasteiger partial charge in [0.1, 0.15) is 6.54 Å². The van der Waals surface area contributed by atoms with Crippen LogP contribution in [0.5, 0.6) is 0 Å². The Morgan fingerprint density at radius 3 is 2.31 bits per heavy atom. The molecular weight excluding hydrogens is 208 g/mol. The van der Waals surface area contributed by atoms with Crippen LogP contribution in [0.4, 0.5) is 4.79 Å². The molecule has 92 valence electrons. The lowest BCUT2D eigenvalue weighted by molar-refractivity contribution is -0.138. The quantitative estimate of drug-likeness (QED) is 0.699. The number of nitrogens with zero attached hydrogens (tertiary/aromatic N) is 2. The second-order valence-electron chi connectivity index (χ2n) is 3.73. The molecule has 0 heterocycles. The second kappa shape index (κ2) is 6.87. The Labute approximate surface area is 96.3 Å². The summed E-state index contributed by atoms with van der Waals surface area (Å²) in [6.07, 6.45) is 1.63. The summed E-state index contributed by atoms with van der Waals surface area (Å²) in [6, 6.07) is -0.401. The highest BCUT2D eigenvalue weighted by molar-refractivity contribution is 5.80. The van der Waals surface area contributed by atoms with Crippen LogP contribution in [0.1, 0.15) is 20.8 Å². The van der Waals surface area contributed by atoms with Gasteiger partial charge < -0.3 is 14.9 Å². The molecule has 0 aliphatic heterocycles. The average Bonchev–Trinajstić information content (AvgIpc) is 2.21. The predicted molar refractivity (Wildman–Crippen MR) is 62.3 cm³/mol. The van der Waals surface area contributed by atoms with Crippen LogP contribution < -0.4 is 0 Å². The smallest absolute Gasteiger partial charge is 0.323 e. The van der Waals surface area contributed by atoms with E-state index < -0.39 is 5.97 Å². The third kappa shape index (κ3) is 4.33. The van der Waals surface area contributed by atoms with E-state index in [0.717, 1.165) is 0 Å². The van der Waals surface area contributed by atoms with Crippen LogP contribution in [0, 0.1) is 0 Å². The highest BCUT2D eigenvalue weighted by atomic mass is 16.4. The summed E-state index contributed by atoms with van der Waals surface area (Å²) in [5.41, 5.74) is 0. The van der Waals surface area contributed by atoms with Crippen LogP contribution in [0.2, 0.25) is 0 Å². The number of amides is 2. The Morgan fingerprint density at radius 2 is 2.00 bits per heavy atom. The summed E-state index contributed by atoms with van der Waals surface area (Å²) in [5, 5.41) is 8.73. The fourth-order valence-corrected chi connectivity index (χ4v) is 1.30. The molecule has 0 unspecified atom stereocenters. The summed E-state index contributed by atoms with van der Waals surface area (Å²) < 4.78 is 0. The van der Waals surface area contributed by atoms with Crippen molar-refractivity contribution in [2.45, 2.75) is 26.8 Å². The third-order valence-electron chi connectivity index (χ3n) is 2.18. The van der Waals surface area contributed by atoms with E-state index in [1.165, 1.54) is 4.90 Å².